The number of hydrogen-bond acceptors (Lipinski definition) is 37. The standard InChI is InChI=1S/C28H36N6O9.C23H28N6O7.C17H14N2O5.C13H10N2O5.C11H22N4O4.C4H6O.CH4.ClH.HI/c1-28(2,3)43-27(39)29-10-13-40-15-16-41-14-11-33-18(17-30-32-33)9-12-42-21-6-4-5-19-23(21)26(38)34(25(19)37)20-7-8-22(35)31-24(20)36;24-7-10-34-12-13-35-11-8-28-15(14-25-27-28)6-9-36-18-3-1-2-16-20(18)23(33)29(22(16)32)17-4-5-19(30)26-21(17)31;1-2-3-9-24-12-6-4-5-10-14(12)17(23)19(16(10)22)11-7-8-13(20)18-15(11)21;16-8-3-1-2-6-10(8)13(20)15(12(6)19)7-4-5-9(17)14-11(7)18;1-11(2,3)19-10(16)13-4-6-17-8-9-18-7-5-14-15-12;1-2-3-4-5;;;/h4-6,17,20H,7-16H2,1-3H3,(H,29,39)(H,31,35,36);1-3,14,17H,4-13,24H2,(H,26,30,31);1,4-6,11H,3,7-9H2,(H,18,20,21);1-3,7,16H,4-5H2,(H,14,17,18);4-9H2,1-3H3,(H,13,16);1,5H,3-4H2;1H4;2*1H/i/hD. The molecule has 14 rings (SSSR count). The van der Waals surface area contributed by atoms with Gasteiger partial charge in [-0.1, -0.05) is 47.2 Å². The fourth-order valence-electron chi connectivity index (χ4n) is 15.0. The summed E-state index contributed by atoms with van der Waals surface area (Å²) in [5.41, 5.74) is 14.7. The average molecular weight is 2230 g/mol. The number of carbonyl (C=O) groups is 18. The van der Waals surface area contributed by atoms with Gasteiger partial charge in [0.05, 0.1) is 187 Å². The predicted octanol–water partition coefficient (Wildman–Crippen LogP) is 3.97. The molecule has 0 radical (unpaired) electrons. The number of amides is 18. The summed E-state index contributed by atoms with van der Waals surface area (Å²) in [6.07, 6.45) is 14.5. The van der Waals surface area contributed by atoms with Crippen LogP contribution in [0.1, 0.15) is 207 Å². The molecule has 4 saturated heterocycles. The third kappa shape index (κ3) is 35.7. The third-order valence-corrected chi connectivity index (χ3v) is 21.6. The Kier molecular flexibility index (Phi) is 50.3. The summed E-state index contributed by atoms with van der Waals surface area (Å²) in [5, 5.41) is 50.8. The highest BCUT2D eigenvalue weighted by molar-refractivity contribution is 14.0. The predicted molar refractivity (Wildman–Crippen MR) is 538 cm³/mol. The molecule has 4 atom stereocenters. The van der Waals surface area contributed by atoms with Crippen molar-refractivity contribution in [1.82, 2.24) is 81.5 Å². The molecule has 8 aliphatic heterocycles. The number of ether oxygens (including phenoxy) is 11. The number of nitrogens with two attached hydrogens (primary N) is 1. The van der Waals surface area contributed by atoms with Crippen LogP contribution in [0.15, 0.2) is 90.3 Å². The molecule has 10 N–H and O–H groups in total. The summed E-state index contributed by atoms with van der Waals surface area (Å²) in [6.45, 7) is 18.8. The number of carbonyl (C=O) groups excluding carboxylic acids is 18. The van der Waals surface area contributed by atoms with Crippen molar-refractivity contribution in [3.05, 3.63) is 152 Å². The number of nitrogens with zero attached hydrogens (tertiary/aromatic N) is 13. The zero-order valence-corrected chi connectivity index (χ0v) is 85.5. The van der Waals surface area contributed by atoms with Crippen LogP contribution in [0.2, 0.25) is 0 Å². The maximum absolute atomic E-state index is 13.2. The number of piperidine rings is 4. The Morgan fingerprint density at radius 1 is 0.467 bits per heavy atom. The molecule has 18 amide bonds. The van der Waals surface area contributed by atoms with Gasteiger partial charge in [0, 0.05) is 82.5 Å². The number of aliphatic hydroxyl groups is 1. The number of aromatic hydroxyl groups is 1. The van der Waals surface area contributed by atoms with Gasteiger partial charge in [0.25, 0.3) is 47.3 Å². The largest absolute Gasteiger partial charge is 0.507 e. The van der Waals surface area contributed by atoms with E-state index in [9.17, 15) is 91.4 Å². The Morgan fingerprint density at radius 2 is 0.780 bits per heavy atom. The highest BCUT2D eigenvalue weighted by atomic mass is 127. The van der Waals surface area contributed by atoms with Gasteiger partial charge in [-0.25, -0.2) is 19.0 Å². The molecule has 4 aromatic carbocycles. The molecule has 4 fully saturated rings. The molecule has 0 bridgehead atoms. The molecule has 10 heterocycles. The first-order chi connectivity index (χ1) is 71.5. The molecule has 4 unspecified atom stereocenters. The number of azide groups is 1. The summed E-state index contributed by atoms with van der Waals surface area (Å²) in [7, 11) is 0. The molecule has 810 valence electrons. The molecule has 0 spiro atoms. The lowest BCUT2D eigenvalue weighted by Gasteiger charge is -2.27. The van der Waals surface area contributed by atoms with Crippen LogP contribution in [0.25, 0.3) is 10.4 Å². The van der Waals surface area contributed by atoms with Gasteiger partial charge in [-0.3, -0.25) is 118 Å². The Balaban J connectivity index is 0.000000292. The number of nitrogens with one attached hydrogen (secondary N) is 6. The Labute approximate surface area is 885 Å². The fourth-order valence-corrected chi connectivity index (χ4v) is 15.0. The lowest BCUT2D eigenvalue weighted by molar-refractivity contribution is -0.137. The van der Waals surface area contributed by atoms with Gasteiger partial charge < -0.3 is 78.7 Å². The van der Waals surface area contributed by atoms with Crippen LogP contribution in [0.4, 0.5) is 9.59 Å². The van der Waals surface area contributed by atoms with Gasteiger partial charge >= 0.3 is 12.2 Å². The second-order valence-corrected chi connectivity index (χ2v) is 34.4. The number of rotatable bonds is 42. The van der Waals surface area contributed by atoms with E-state index in [1.807, 2.05) is 0 Å². The monoisotopic (exact) mass is 2230 g/mol. The van der Waals surface area contributed by atoms with E-state index in [1.54, 1.807) is 99.7 Å². The van der Waals surface area contributed by atoms with E-state index in [2.05, 4.69) is 74.4 Å². The van der Waals surface area contributed by atoms with Crippen molar-refractivity contribution < 1.29 is 149 Å². The zero-order chi connectivity index (χ0) is 109. The Morgan fingerprint density at radius 3 is 1.09 bits per heavy atom. The van der Waals surface area contributed by atoms with Crippen molar-refractivity contribution in [2.75, 3.05) is 132 Å². The van der Waals surface area contributed by atoms with E-state index in [-0.39, 0.29) is 165 Å². The normalized spacial score (nSPS) is 16.7. The number of aliphatic hydroxyl groups excluding tert-OH is 1. The molecular weight excluding hydrogens is 2100 g/mol. The number of alkyl carbamates (subject to hydrolysis) is 2. The highest BCUT2D eigenvalue weighted by Crippen LogP contribution is 2.39. The number of fused-ring (bicyclic) bond motifs is 4. The molecule has 0 saturated carbocycles. The van der Waals surface area contributed by atoms with Gasteiger partial charge in [-0.2, -0.15) is 0 Å². The summed E-state index contributed by atoms with van der Waals surface area (Å²) < 4.78 is 68.7. The number of phenols is 1. The molecule has 51 nitrogen and oxygen atoms in total. The van der Waals surface area contributed by atoms with E-state index in [0.717, 1.165) is 31.0 Å². The van der Waals surface area contributed by atoms with Gasteiger partial charge in [-0.15, -0.1) is 71.1 Å². The van der Waals surface area contributed by atoms with Crippen LogP contribution in [0.5, 0.6) is 23.0 Å². The topological polar surface area (TPSA) is 671 Å². The van der Waals surface area contributed by atoms with Crippen molar-refractivity contribution in [3.63, 3.8) is 0 Å². The molecule has 2 aromatic heterocycles. The number of halogens is 2. The minimum absolute atomic E-state index is 0. The van der Waals surface area contributed by atoms with Crippen molar-refractivity contribution in [2.24, 2.45) is 10.8 Å². The number of benzene rings is 4. The lowest BCUT2D eigenvalue weighted by atomic mass is 10.0. The first-order valence-electron chi connectivity index (χ1n) is 47.1. The van der Waals surface area contributed by atoms with Crippen LogP contribution >= 0.6 is 36.2 Å². The van der Waals surface area contributed by atoms with Crippen LogP contribution in [-0.4, -0.2) is 334 Å². The first kappa shape index (κ1) is 122. The van der Waals surface area contributed by atoms with Crippen molar-refractivity contribution in [2.45, 2.75) is 174 Å². The second kappa shape index (κ2) is 61.8. The van der Waals surface area contributed by atoms with Crippen molar-refractivity contribution in [1.29, 1.82) is 0.594 Å². The number of imide groups is 8. The number of phenolic OH excluding ortho intramolecular Hbond substituents is 1. The van der Waals surface area contributed by atoms with Gasteiger partial charge in [-0.05, 0) is 121 Å². The molecular formula is C97H122ClIN20O31. The highest BCUT2D eigenvalue weighted by Gasteiger charge is 2.51. The third-order valence-electron chi connectivity index (χ3n) is 21.6. The molecule has 0 aliphatic carbocycles. The van der Waals surface area contributed by atoms with E-state index >= 15 is 0 Å². The molecule has 8 aliphatic rings. The van der Waals surface area contributed by atoms with E-state index in [0.29, 0.717) is 144 Å². The van der Waals surface area contributed by atoms with Crippen LogP contribution < -0.4 is 51.8 Å². The number of aromatic nitrogens is 6. The van der Waals surface area contributed by atoms with Crippen molar-refractivity contribution in [3.8, 4) is 47.7 Å². The minimum Gasteiger partial charge on any atom is -0.507 e. The number of hydrogen-bond donors (Lipinski definition) is 9. The molecule has 53 heteroatoms. The van der Waals surface area contributed by atoms with E-state index in [4.69, 9.17) is 81.9 Å². The zero-order valence-electron chi connectivity index (χ0n) is 83.5. The SMILES string of the molecule is C.C#CCCO.C#CCCOc1cccc2c1C(=O)N(C1CCC(=O)NC1=O)C2=O.CC(C)(C)OC(=O)NCCOCCOCCN=[N+]=[N-].CC(C)(C)OC(=O)NCCOCCOCCn1nncc1CCOc1cccc2c1C(=O)N(C1CCC(=O)NC1=O)C2=O.Cl.NCCOCCOCCn1nncc1CCOc1cccc2c1C(=O)N(C1CCC(=O)NC1=O)C2=O.O=C1CCC(N2C(=O)c3cccc(O)c3C2=O)C(=O)N1.[2H]I. The summed E-state index contributed by atoms with van der Waals surface area (Å²) in [5.74, 6) is -4.10. The van der Waals surface area contributed by atoms with E-state index < -0.39 is 142 Å². The van der Waals surface area contributed by atoms with Crippen LogP contribution in [-0.2, 0) is 102 Å². The summed E-state index contributed by atoms with van der Waals surface area (Å²) >= 11 is 1.40. The summed E-state index contributed by atoms with van der Waals surface area (Å²) in [4.78, 5) is 225. The molecule has 6 aromatic rings. The maximum atomic E-state index is 13.2. The fraction of sp³-hybridized carbons (Fsp3) is 0.485. The minimum atomic E-state index is -1.05. The van der Waals surface area contributed by atoms with Gasteiger partial charge in [0.1, 0.15) is 59.0 Å². The van der Waals surface area contributed by atoms with Gasteiger partial charge in [0.2, 0.25) is 47.3 Å². The Hall–Kier alpha value is -14.9. The van der Waals surface area contributed by atoms with Crippen LogP contribution in [0, 0.1) is 24.7 Å². The smallest absolute Gasteiger partial charge is 0.407 e. The summed E-state index contributed by atoms with van der Waals surface area (Å²) in [6, 6.07) is 14.2. The quantitative estimate of drug-likeness (QED) is 0.00498. The van der Waals surface area contributed by atoms with Crippen LogP contribution in [0.3, 0.4) is 0 Å². The second-order valence-electron chi connectivity index (χ2n) is 34.4. The first-order valence-corrected chi connectivity index (χ1v) is 46.8. The lowest BCUT2D eigenvalue weighted by Crippen LogP contribution is -2.54. The molecule has 150 heavy (non-hydrogen) atoms. The average Bonchev–Trinajstić information content (AvgIpc) is 1.63. The Bertz CT molecular complexity index is 5950. The van der Waals surface area contributed by atoms with E-state index in [1.165, 1.54) is 60.2 Å². The maximum Gasteiger partial charge on any atom is 0.407 e. The van der Waals surface area contributed by atoms with Crippen molar-refractivity contribution >= 4 is 143 Å². The number of terminal acetylenes is 2. The van der Waals surface area contributed by atoms with Gasteiger partial charge in [0.15, 0.2) is 0 Å².